The van der Waals surface area contributed by atoms with Crippen molar-refractivity contribution in [3.8, 4) is 0 Å². The van der Waals surface area contributed by atoms with Crippen molar-refractivity contribution in [2.45, 2.75) is 27.2 Å². The van der Waals surface area contributed by atoms with Gasteiger partial charge in [0.2, 0.25) is 0 Å². The summed E-state index contributed by atoms with van der Waals surface area (Å²) in [6, 6.07) is 7.94. The Hall–Kier alpha value is -2.29. The van der Waals surface area contributed by atoms with E-state index in [2.05, 4.69) is 0 Å². The lowest BCUT2D eigenvalue weighted by atomic mass is 9.81. The van der Waals surface area contributed by atoms with Crippen LogP contribution >= 0.6 is 0 Å². The van der Waals surface area contributed by atoms with E-state index in [9.17, 15) is 13.2 Å². The minimum Gasteiger partial charge on any atom is -0.250 e. The molecule has 0 N–H and O–H groups in total. The predicted octanol–water partition coefficient (Wildman–Crippen LogP) is 6.97. The van der Waals surface area contributed by atoms with Crippen molar-refractivity contribution in [1.29, 1.82) is 0 Å². The van der Waals surface area contributed by atoms with Gasteiger partial charge in [-0.2, -0.15) is 0 Å². The van der Waals surface area contributed by atoms with Crippen LogP contribution in [0.4, 0.5) is 13.2 Å². The Kier molecular flexibility index (Phi) is 6.63. The van der Waals surface area contributed by atoms with Crippen molar-refractivity contribution in [1.82, 2.24) is 0 Å². The molecule has 1 aromatic rings. The highest BCUT2D eigenvalue weighted by Crippen LogP contribution is 2.36. The molecule has 3 heteroatoms. The summed E-state index contributed by atoms with van der Waals surface area (Å²) in [6.45, 7) is 4.78. The first-order valence-corrected chi connectivity index (χ1v) is 8.31. The van der Waals surface area contributed by atoms with E-state index < -0.39 is 12.5 Å². The van der Waals surface area contributed by atoms with Gasteiger partial charge in [-0.05, 0) is 67.2 Å². The lowest BCUT2D eigenvalue weighted by Crippen LogP contribution is -2.11. The smallest absolute Gasteiger partial charge is 0.122 e. The van der Waals surface area contributed by atoms with Crippen molar-refractivity contribution in [2.75, 3.05) is 6.67 Å². The summed E-state index contributed by atoms with van der Waals surface area (Å²) in [6.07, 6.45) is 6.99. The predicted molar refractivity (Wildman–Crippen MR) is 99.1 cm³/mol. The average Bonchev–Trinajstić information content (AvgIpc) is 2.61. The first-order valence-electron chi connectivity index (χ1n) is 8.31. The molecule has 0 saturated carbocycles. The second kappa shape index (κ2) is 8.70. The number of hydrogen-bond acceptors (Lipinski definition) is 0. The molecule has 0 radical (unpaired) electrons. The van der Waals surface area contributed by atoms with Crippen LogP contribution in [0.5, 0.6) is 0 Å². The molecule has 0 nitrogen and oxygen atoms in total. The van der Waals surface area contributed by atoms with Gasteiger partial charge in [0.25, 0.3) is 0 Å². The molecule has 0 saturated heterocycles. The van der Waals surface area contributed by atoms with Crippen LogP contribution in [0.1, 0.15) is 31.4 Å². The highest BCUT2D eigenvalue weighted by atomic mass is 19.1. The highest BCUT2D eigenvalue weighted by Gasteiger charge is 2.22. The van der Waals surface area contributed by atoms with Crippen LogP contribution in [0.3, 0.4) is 0 Å². The Morgan fingerprint density at radius 3 is 2.40 bits per heavy atom. The zero-order valence-corrected chi connectivity index (χ0v) is 14.8. The van der Waals surface area contributed by atoms with Crippen molar-refractivity contribution >= 4 is 5.57 Å². The van der Waals surface area contributed by atoms with Crippen LogP contribution in [0.15, 0.2) is 77.4 Å². The number of benzene rings is 1. The van der Waals surface area contributed by atoms with Crippen molar-refractivity contribution < 1.29 is 13.2 Å². The Balaban J connectivity index is 2.43. The maximum atomic E-state index is 13.9. The van der Waals surface area contributed by atoms with E-state index >= 15 is 0 Å². The van der Waals surface area contributed by atoms with Crippen LogP contribution in [0, 0.1) is 12.8 Å². The molecule has 0 fully saturated rings. The van der Waals surface area contributed by atoms with E-state index in [-0.39, 0.29) is 5.92 Å². The summed E-state index contributed by atoms with van der Waals surface area (Å²) in [7, 11) is 0. The number of halogens is 3. The fourth-order valence-corrected chi connectivity index (χ4v) is 2.80. The summed E-state index contributed by atoms with van der Waals surface area (Å²) < 4.78 is 40.3. The van der Waals surface area contributed by atoms with Gasteiger partial charge in [-0.15, -0.1) is 0 Å². The molecule has 2 rings (SSSR count). The van der Waals surface area contributed by atoms with Crippen LogP contribution < -0.4 is 0 Å². The van der Waals surface area contributed by atoms with Gasteiger partial charge in [0.1, 0.15) is 5.83 Å². The van der Waals surface area contributed by atoms with Gasteiger partial charge in [-0.1, -0.05) is 42.0 Å². The van der Waals surface area contributed by atoms with Gasteiger partial charge in [0.05, 0.1) is 13.0 Å². The fraction of sp³-hybridized carbons (Fsp3) is 0.273. The maximum absolute atomic E-state index is 13.9. The normalized spacial score (nSPS) is 18.2. The second-order valence-corrected chi connectivity index (χ2v) is 6.48. The summed E-state index contributed by atoms with van der Waals surface area (Å²) in [5.74, 6) is -0.729. The zero-order valence-electron chi connectivity index (χ0n) is 14.8. The maximum Gasteiger partial charge on any atom is 0.122 e. The van der Waals surface area contributed by atoms with Crippen molar-refractivity contribution in [3.05, 3.63) is 88.6 Å². The number of alkyl halides is 1. The summed E-state index contributed by atoms with van der Waals surface area (Å²) in [5, 5.41) is 0. The van der Waals surface area contributed by atoms with E-state index in [0.717, 1.165) is 22.3 Å². The Labute approximate surface area is 147 Å². The van der Waals surface area contributed by atoms with Gasteiger partial charge in [-0.25, -0.2) is 8.78 Å². The summed E-state index contributed by atoms with van der Waals surface area (Å²) in [5.41, 5.74) is 4.70. The Morgan fingerprint density at radius 1 is 1.16 bits per heavy atom. The van der Waals surface area contributed by atoms with Crippen LogP contribution in [-0.2, 0) is 0 Å². The van der Waals surface area contributed by atoms with E-state index in [1.54, 1.807) is 13.8 Å². The molecule has 1 aromatic carbocycles. The molecule has 0 aromatic heterocycles. The van der Waals surface area contributed by atoms with Gasteiger partial charge in [-0.3, -0.25) is 4.39 Å². The minimum absolute atomic E-state index is 0.325. The van der Waals surface area contributed by atoms with E-state index in [1.807, 2.05) is 43.3 Å². The van der Waals surface area contributed by atoms with Gasteiger partial charge in [0, 0.05) is 5.92 Å². The third kappa shape index (κ3) is 4.85. The lowest BCUT2D eigenvalue weighted by molar-refractivity contribution is 0.416. The quantitative estimate of drug-likeness (QED) is 0.506. The van der Waals surface area contributed by atoms with E-state index in [4.69, 9.17) is 0 Å². The van der Waals surface area contributed by atoms with E-state index in [0.29, 0.717) is 23.9 Å². The van der Waals surface area contributed by atoms with Crippen molar-refractivity contribution in [3.63, 3.8) is 0 Å². The Bertz CT molecular complexity index is 755. The SMILES string of the molecule is CC(C)=C(F)/C=C(\C=C\F)C1=CC=C(c2ccc(C)cc2)C(CF)C1. The monoisotopic (exact) mass is 344 g/mol. The third-order valence-electron chi connectivity index (χ3n) is 4.31. The van der Waals surface area contributed by atoms with Gasteiger partial charge in [0.15, 0.2) is 0 Å². The molecule has 1 atom stereocenters. The molecule has 0 amide bonds. The largest absolute Gasteiger partial charge is 0.250 e. The van der Waals surface area contributed by atoms with E-state index in [1.165, 1.54) is 12.2 Å². The second-order valence-electron chi connectivity index (χ2n) is 6.48. The molecular weight excluding hydrogens is 321 g/mol. The topological polar surface area (TPSA) is 0 Å². The fourth-order valence-electron chi connectivity index (χ4n) is 2.80. The average molecular weight is 344 g/mol. The Morgan fingerprint density at radius 2 is 1.84 bits per heavy atom. The van der Waals surface area contributed by atoms with Gasteiger partial charge >= 0.3 is 0 Å². The van der Waals surface area contributed by atoms with Crippen molar-refractivity contribution in [2.24, 2.45) is 5.92 Å². The lowest BCUT2D eigenvalue weighted by Gasteiger charge is -2.24. The molecule has 1 unspecified atom stereocenters. The highest BCUT2D eigenvalue weighted by molar-refractivity contribution is 5.72. The van der Waals surface area contributed by atoms with Crippen LogP contribution in [0.25, 0.3) is 5.57 Å². The first-order chi connectivity index (χ1) is 12.0. The number of aryl methyl sites for hydroxylation is 1. The minimum atomic E-state index is -0.519. The standard InChI is InChI=1S/C22H23F3/c1-15(2)22(25)13-19(10-11-23)18-8-9-21(20(12-18)14-24)17-6-4-16(3)5-7-17/h4-11,13,20H,12,14H2,1-3H3/b11-10+,19-13+. The molecule has 25 heavy (non-hydrogen) atoms. The molecule has 0 heterocycles. The molecular formula is C22H23F3. The number of hydrogen-bond donors (Lipinski definition) is 0. The van der Waals surface area contributed by atoms with Gasteiger partial charge < -0.3 is 0 Å². The zero-order chi connectivity index (χ0) is 18.4. The van der Waals surface area contributed by atoms with Crippen LogP contribution in [0.2, 0.25) is 0 Å². The third-order valence-corrected chi connectivity index (χ3v) is 4.31. The van der Waals surface area contributed by atoms with Crippen LogP contribution in [-0.4, -0.2) is 6.67 Å². The first kappa shape index (κ1) is 19.0. The molecule has 0 bridgehead atoms. The number of allylic oxidation sites excluding steroid dienone is 9. The number of rotatable bonds is 5. The molecule has 1 aliphatic carbocycles. The molecule has 0 spiro atoms. The molecule has 132 valence electrons. The molecule has 0 aliphatic heterocycles. The summed E-state index contributed by atoms with van der Waals surface area (Å²) in [4.78, 5) is 0. The molecule has 1 aliphatic rings. The summed E-state index contributed by atoms with van der Waals surface area (Å²) >= 11 is 0.